The second-order valence-corrected chi connectivity index (χ2v) is 6.70. The smallest absolute Gasteiger partial charge is 0.407 e. The highest BCUT2D eigenvalue weighted by molar-refractivity contribution is 9.10. The Labute approximate surface area is 120 Å². The van der Waals surface area contributed by atoms with Crippen LogP contribution in [0.15, 0.2) is 27.8 Å². The molecule has 0 bridgehead atoms. The lowest BCUT2D eigenvalue weighted by atomic mass is 10.2. The van der Waals surface area contributed by atoms with Crippen molar-refractivity contribution in [3.05, 3.63) is 22.9 Å². The van der Waals surface area contributed by atoms with Gasteiger partial charge in [-0.1, -0.05) is 0 Å². The number of thioether (sulfide) groups is 1. The minimum Gasteiger partial charge on any atom is -0.444 e. The van der Waals surface area contributed by atoms with E-state index in [0.29, 0.717) is 6.54 Å². The molecule has 0 aliphatic rings. The molecule has 0 spiro atoms. The van der Waals surface area contributed by atoms with Gasteiger partial charge in [0.1, 0.15) is 5.60 Å². The zero-order valence-electron chi connectivity index (χ0n) is 10.7. The number of alkyl carbamates (subject to hydrolysis) is 1. The van der Waals surface area contributed by atoms with Crippen LogP contribution in [0.4, 0.5) is 4.79 Å². The molecule has 1 aromatic heterocycles. The SMILES string of the molecule is CC(C)(C)OC(=O)NCCSc1cncc(Br)c1. The summed E-state index contributed by atoms with van der Waals surface area (Å²) in [5, 5.41) is 2.71. The predicted molar refractivity (Wildman–Crippen MR) is 76.9 cm³/mol. The number of hydrogen-bond acceptors (Lipinski definition) is 4. The number of nitrogens with zero attached hydrogens (tertiary/aromatic N) is 1. The molecule has 0 unspecified atom stereocenters. The Balaban J connectivity index is 2.21. The summed E-state index contributed by atoms with van der Waals surface area (Å²) < 4.78 is 6.08. The highest BCUT2D eigenvalue weighted by Crippen LogP contribution is 2.19. The zero-order chi connectivity index (χ0) is 13.6. The lowest BCUT2D eigenvalue weighted by molar-refractivity contribution is 0.0531. The van der Waals surface area contributed by atoms with Crippen LogP contribution in [0.1, 0.15) is 20.8 Å². The molecule has 1 rings (SSSR count). The molecule has 100 valence electrons. The first-order valence-electron chi connectivity index (χ1n) is 5.57. The average molecular weight is 333 g/mol. The van der Waals surface area contributed by atoms with E-state index in [9.17, 15) is 4.79 Å². The van der Waals surface area contributed by atoms with Gasteiger partial charge in [0.25, 0.3) is 0 Å². The van der Waals surface area contributed by atoms with Gasteiger partial charge in [-0.2, -0.15) is 0 Å². The van der Waals surface area contributed by atoms with Gasteiger partial charge < -0.3 is 10.1 Å². The van der Waals surface area contributed by atoms with E-state index in [0.717, 1.165) is 15.1 Å². The molecule has 0 radical (unpaired) electrons. The topological polar surface area (TPSA) is 51.2 Å². The summed E-state index contributed by atoms with van der Waals surface area (Å²) in [6.07, 6.45) is 3.15. The number of ether oxygens (including phenoxy) is 1. The van der Waals surface area contributed by atoms with E-state index in [-0.39, 0.29) is 6.09 Å². The highest BCUT2D eigenvalue weighted by Gasteiger charge is 2.15. The van der Waals surface area contributed by atoms with Gasteiger partial charge in [0.05, 0.1) is 0 Å². The number of aromatic nitrogens is 1. The van der Waals surface area contributed by atoms with Gasteiger partial charge in [-0.25, -0.2) is 4.79 Å². The molecule has 0 fully saturated rings. The van der Waals surface area contributed by atoms with Crippen LogP contribution in [0.2, 0.25) is 0 Å². The van der Waals surface area contributed by atoms with Crippen molar-refractivity contribution in [3.8, 4) is 0 Å². The highest BCUT2D eigenvalue weighted by atomic mass is 79.9. The van der Waals surface area contributed by atoms with Crippen LogP contribution < -0.4 is 5.32 Å². The van der Waals surface area contributed by atoms with Gasteiger partial charge in [0, 0.05) is 34.1 Å². The number of hydrogen-bond donors (Lipinski definition) is 1. The second kappa shape index (κ2) is 6.99. The van der Waals surface area contributed by atoms with Crippen LogP contribution in [0.25, 0.3) is 0 Å². The zero-order valence-corrected chi connectivity index (χ0v) is 13.1. The van der Waals surface area contributed by atoms with Crippen LogP contribution in [-0.2, 0) is 4.74 Å². The minimum atomic E-state index is -0.453. The van der Waals surface area contributed by atoms with Gasteiger partial charge in [-0.05, 0) is 42.8 Å². The molecule has 1 aromatic rings. The Morgan fingerprint density at radius 2 is 2.22 bits per heavy atom. The minimum absolute atomic E-state index is 0.379. The van der Waals surface area contributed by atoms with Crippen LogP contribution in [0.5, 0.6) is 0 Å². The molecule has 6 heteroatoms. The molecule has 1 amide bonds. The van der Waals surface area contributed by atoms with Crippen LogP contribution in [-0.4, -0.2) is 29.0 Å². The first-order chi connectivity index (χ1) is 8.37. The Bertz CT molecular complexity index is 407. The van der Waals surface area contributed by atoms with E-state index in [1.807, 2.05) is 26.8 Å². The summed E-state index contributed by atoms with van der Waals surface area (Å²) in [7, 11) is 0. The number of carbonyl (C=O) groups is 1. The molecule has 4 nitrogen and oxygen atoms in total. The first kappa shape index (κ1) is 15.3. The first-order valence-corrected chi connectivity index (χ1v) is 7.35. The third kappa shape index (κ3) is 6.86. The van der Waals surface area contributed by atoms with Gasteiger partial charge in [0.15, 0.2) is 0 Å². The second-order valence-electron chi connectivity index (χ2n) is 4.62. The van der Waals surface area contributed by atoms with Crippen molar-refractivity contribution in [2.75, 3.05) is 12.3 Å². The van der Waals surface area contributed by atoms with Gasteiger partial charge >= 0.3 is 6.09 Å². The van der Waals surface area contributed by atoms with Crippen molar-refractivity contribution in [2.24, 2.45) is 0 Å². The fourth-order valence-corrected chi connectivity index (χ4v) is 2.41. The molecule has 1 N–H and O–H groups in total. The Morgan fingerprint density at radius 1 is 1.50 bits per heavy atom. The number of nitrogens with one attached hydrogen (secondary N) is 1. The molecule has 0 atom stereocenters. The van der Waals surface area contributed by atoms with E-state index in [2.05, 4.69) is 26.2 Å². The summed E-state index contributed by atoms with van der Waals surface area (Å²) >= 11 is 4.99. The van der Waals surface area contributed by atoms with Crippen LogP contribution in [0, 0.1) is 0 Å². The molecular weight excluding hydrogens is 316 g/mol. The number of amides is 1. The Morgan fingerprint density at radius 3 is 2.83 bits per heavy atom. The standard InChI is InChI=1S/C12H17BrN2O2S/c1-12(2,3)17-11(16)15-4-5-18-10-6-9(13)7-14-8-10/h6-8H,4-5H2,1-3H3,(H,15,16). The number of halogens is 1. The van der Waals surface area contributed by atoms with Gasteiger partial charge in [-0.15, -0.1) is 11.8 Å². The van der Waals surface area contributed by atoms with Crippen molar-refractivity contribution in [3.63, 3.8) is 0 Å². The summed E-state index contributed by atoms with van der Waals surface area (Å²) in [5.41, 5.74) is -0.453. The molecule has 0 saturated heterocycles. The van der Waals surface area contributed by atoms with E-state index in [1.165, 1.54) is 0 Å². The van der Waals surface area contributed by atoms with Crippen molar-refractivity contribution in [1.29, 1.82) is 0 Å². The third-order valence-electron chi connectivity index (χ3n) is 1.72. The summed E-state index contributed by atoms with van der Waals surface area (Å²) in [4.78, 5) is 16.5. The predicted octanol–water partition coefficient (Wildman–Crippen LogP) is 3.46. The van der Waals surface area contributed by atoms with Crippen molar-refractivity contribution in [2.45, 2.75) is 31.3 Å². The van der Waals surface area contributed by atoms with E-state index in [1.54, 1.807) is 24.2 Å². The van der Waals surface area contributed by atoms with Crippen molar-refractivity contribution in [1.82, 2.24) is 10.3 Å². The quantitative estimate of drug-likeness (QED) is 0.677. The maximum absolute atomic E-state index is 11.4. The summed E-state index contributed by atoms with van der Waals surface area (Å²) in [6.45, 7) is 6.09. The Hall–Kier alpha value is -0.750. The van der Waals surface area contributed by atoms with Gasteiger partial charge in [-0.3, -0.25) is 4.98 Å². The fraction of sp³-hybridized carbons (Fsp3) is 0.500. The van der Waals surface area contributed by atoms with E-state index < -0.39 is 5.60 Å². The van der Waals surface area contributed by atoms with E-state index in [4.69, 9.17) is 4.74 Å². The lowest BCUT2D eigenvalue weighted by Gasteiger charge is -2.19. The molecular formula is C12H17BrN2O2S. The number of pyridine rings is 1. The van der Waals surface area contributed by atoms with Crippen LogP contribution >= 0.6 is 27.7 Å². The number of carbonyl (C=O) groups excluding carboxylic acids is 1. The monoisotopic (exact) mass is 332 g/mol. The normalized spacial score (nSPS) is 11.1. The van der Waals surface area contributed by atoms with E-state index >= 15 is 0 Å². The molecule has 1 heterocycles. The van der Waals surface area contributed by atoms with Crippen LogP contribution in [0.3, 0.4) is 0 Å². The number of rotatable bonds is 4. The molecule has 0 aromatic carbocycles. The largest absolute Gasteiger partial charge is 0.444 e. The van der Waals surface area contributed by atoms with Crippen molar-refractivity contribution < 1.29 is 9.53 Å². The molecule has 0 aliphatic carbocycles. The van der Waals surface area contributed by atoms with Gasteiger partial charge in [0.2, 0.25) is 0 Å². The summed E-state index contributed by atoms with van der Waals surface area (Å²) in [6, 6.07) is 1.99. The van der Waals surface area contributed by atoms with Crippen molar-refractivity contribution >= 4 is 33.8 Å². The maximum Gasteiger partial charge on any atom is 0.407 e. The summed E-state index contributed by atoms with van der Waals surface area (Å²) in [5.74, 6) is 0.775. The Kier molecular flexibility index (Phi) is 5.95. The molecule has 0 aliphatic heterocycles. The third-order valence-corrected chi connectivity index (χ3v) is 3.12. The molecule has 18 heavy (non-hydrogen) atoms. The average Bonchev–Trinajstić information content (AvgIpc) is 2.22. The molecule has 0 saturated carbocycles. The maximum atomic E-state index is 11.4. The fourth-order valence-electron chi connectivity index (χ4n) is 1.11. The lowest BCUT2D eigenvalue weighted by Crippen LogP contribution is -2.33.